The van der Waals surface area contributed by atoms with Crippen molar-refractivity contribution in [2.75, 3.05) is 18.4 Å². The molecule has 3 heterocycles. The number of hydrogen-bond donors (Lipinski definition) is 4. The maximum Gasteiger partial charge on any atom is 0.252 e. The Bertz CT molecular complexity index is 1250. The minimum Gasteiger partial charge on any atom is -0.457 e. The lowest BCUT2D eigenvalue weighted by atomic mass is 10.1. The quantitative estimate of drug-likeness (QED) is 0.354. The number of benzene rings is 2. The number of hydrogen-bond acceptors (Lipinski definition) is 7. The number of rotatable bonds is 7. The lowest BCUT2D eigenvalue weighted by Gasteiger charge is -2.14. The van der Waals surface area contributed by atoms with Gasteiger partial charge in [0.2, 0.25) is 0 Å². The summed E-state index contributed by atoms with van der Waals surface area (Å²) in [5.74, 6) is 2.00. The van der Waals surface area contributed by atoms with Crippen molar-refractivity contribution in [3.05, 3.63) is 66.4 Å². The molecule has 1 amide bonds. The highest BCUT2D eigenvalue weighted by molar-refractivity contribution is 5.97. The summed E-state index contributed by atoms with van der Waals surface area (Å²) < 4.78 is 12.0. The van der Waals surface area contributed by atoms with E-state index in [0.29, 0.717) is 39.8 Å². The average Bonchev–Trinajstić information content (AvgIpc) is 3.46. The predicted octanol–water partition coefficient (Wildman–Crippen LogP) is 3.42. The van der Waals surface area contributed by atoms with Crippen molar-refractivity contribution in [2.45, 2.75) is 12.5 Å². The van der Waals surface area contributed by atoms with Gasteiger partial charge in [0.1, 0.15) is 28.4 Å². The maximum absolute atomic E-state index is 12.2. The van der Waals surface area contributed by atoms with Gasteiger partial charge in [0.15, 0.2) is 11.5 Å². The molecule has 5 rings (SSSR count). The van der Waals surface area contributed by atoms with Crippen LogP contribution in [0.25, 0.3) is 11.0 Å². The van der Waals surface area contributed by atoms with Crippen LogP contribution in [0.5, 0.6) is 23.0 Å². The van der Waals surface area contributed by atoms with E-state index in [0.717, 1.165) is 19.5 Å². The van der Waals surface area contributed by atoms with Gasteiger partial charge in [-0.2, -0.15) is 5.10 Å². The SMILES string of the molecule is NC(=O)c1cc(Oc2ccccc2)ccc1Oc1ccnc2[nH]nc(N[C@@H]3CCNC3)c12. The number of para-hydroxylation sites is 1. The van der Waals surface area contributed by atoms with Gasteiger partial charge >= 0.3 is 0 Å². The number of aromatic nitrogens is 3. The summed E-state index contributed by atoms with van der Waals surface area (Å²) in [6.07, 6.45) is 2.62. The fourth-order valence-corrected chi connectivity index (χ4v) is 3.68. The molecule has 0 radical (unpaired) electrons. The van der Waals surface area contributed by atoms with Crippen LogP contribution in [0.15, 0.2) is 60.8 Å². The minimum absolute atomic E-state index is 0.210. The molecule has 0 aliphatic carbocycles. The first kappa shape index (κ1) is 19.8. The van der Waals surface area contributed by atoms with Crippen molar-refractivity contribution >= 4 is 22.8 Å². The molecule has 4 aromatic rings. The average molecular weight is 430 g/mol. The number of pyridine rings is 1. The van der Waals surface area contributed by atoms with E-state index in [1.807, 2.05) is 30.3 Å². The molecule has 32 heavy (non-hydrogen) atoms. The van der Waals surface area contributed by atoms with Gasteiger partial charge in [-0.1, -0.05) is 18.2 Å². The van der Waals surface area contributed by atoms with Crippen LogP contribution in [0.1, 0.15) is 16.8 Å². The highest BCUT2D eigenvalue weighted by atomic mass is 16.5. The van der Waals surface area contributed by atoms with Crippen molar-refractivity contribution < 1.29 is 14.3 Å². The fourth-order valence-electron chi connectivity index (χ4n) is 3.68. The molecule has 1 aliphatic heterocycles. The van der Waals surface area contributed by atoms with Gasteiger partial charge in [0.05, 0.1) is 5.56 Å². The Labute approximate surface area is 183 Å². The van der Waals surface area contributed by atoms with Crippen molar-refractivity contribution in [1.82, 2.24) is 20.5 Å². The van der Waals surface area contributed by atoms with E-state index < -0.39 is 5.91 Å². The van der Waals surface area contributed by atoms with E-state index in [9.17, 15) is 4.79 Å². The molecule has 1 fully saturated rings. The fraction of sp³-hybridized carbons (Fsp3) is 0.174. The van der Waals surface area contributed by atoms with Crippen LogP contribution in [-0.2, 0) is 0 Å². The Hall–Kier alpha value is -4.11. The summed E-state index contributed by atoms with van der Waals surface area (Å²) in [4.78, 5) is 16.5. The summed E-state index contributed by atoms with van der Waals surface area (Å²) >= 11 is 0. The number of amides is 1. The third-order valence-electron chi connectivity index (χ3n) is 5.24. The van der Waals surface area contributed by atoms with Crippen LogP contribution in [0, 0.1) is 0 Å². The zero-order valence-corrected chi connectivity index (χ0v) is 17.2. The summed E-state index contributed by atoms with van der Waals surface area (Å²) in [5, 5.41) is 14.7. The number of nitrogens with zero attached hydrogens (tertiary/aromatic N) is 2. The number of aromatic amines is 1. The standard InChI is InChI=1S/C23H22N6O3/c24-21(30)17-12-16(31-15-4-2-1-3-5-15)6-7-18(17)32-19-9-11-26-22-20(19)23(29-28-22)27-14-8-10-25-13-14/h1-7,9,11-12,14,25H,8,10,13H2,(H2,24,30)(H2,26,27,28,29)/t14-/m1/s1. The molecule has 2 aromatic carbocycles. The Morgan fingerprint density at radius 3 is 2.72 bits per heavy atom. The molecule has 0 unspecified atom stereocenters. The van der Waals surface area contributed by atoms with Crippen LogP contribution in [-0.4, -0.2) is 40.2 Å². The van der Waals surface area contributed by atoms with E-state index in [-0.39, 0.29) is 11.6 Å². The number of primary amides is 1. The molecule has 5 N–H and O–H groups in total. The van der Waals surface area contributed by atoms with E-state index in [2.05, 4.69) is 25.8 Å². The summed E-state index contributed by atoms with van der Waals surface area (Å²) in [5.41, 5.74) is 6.43. The van der Waals surface area contributed by atoms with Crippen LogP contribution in [0.3, 0.4) is 0 Å². The summed E-state index contributed by atoms with van der Waals surface area (Å²) in [6.45, 7) is 1.82. The van der Waals surface area contributed by atoms with E-state index in [4.69, 9.17) is 15.2 Å². The summed E-state index contributed by atoms with van der Waals surface area (Å²) in [6, 6.07) is 16.3. The van der Waals surface area contributed by atoms with Gasteiger partial charge in [0, 0.05) is 24.8 Å². The first-order valence-electron chi connectivity index (χ1n) is 10.3. The number of carbonyl (C=O) groups is 1. The third-order valence-corrected chi connectivity index (χ3v) is 5.24. The normalized spacial score (nSPS) is 15.6. The summed E-state index contributed by atoms with van der Waals surface area (Å²) in [7, 11) is 0. The number of ether oxygens (including phenoxy) is 2. The number of nitrogens with two attached hydrogens (primary N) is 1. The Kier molecular flexibility index (Phi) is 5.30. The van der Waals surface area contributed by atoms with Gasteiger partial charge in [-0.25, -0.2) is 4.98 Å². The van der Waals surface area contributed by atoms with Crippen LogP contribution in [0.4, 0.5) is 5.82 Å². The zero-order chi connectivity index (χ0) is 21.9. The van der Waals surface area contributed by atoms with Crippen LogP contribution >= 0.6 is 0 Å². The number of anilines is 1. The van der Waals surface area contributed by atoms with E-state index >= 15 is 0 Å². The number of carbonyl (C=O) groups excluding carboxylic acids is 1. The lowest BCUT2D eigenvalue weighted by Crippen LogP contribution is -2.22. The van der Waals surface area contributed by atoms with Crippen molar-refractivity contribution in [1.29, 1.82) is 0 Å². The highest BCUT2D eigenvalue weighted by Gasteiger charge is 2.20. The molecular weight excluding hydrogens is 408 g/mol. The largest absolute Gasteiger partial charge is 0.457 e. The monoisotopic (exact) mass is 430 g/mol. The van der Waals surface area contributed by atoms with Gasteiger partial charge in [-0.05, 0) is 43.3 Å². The second kappa shape index (κ2) is 8.56. The molecule has 1 saturated heterocycles. The van der Waals surface area contributed by atoms with Crippen LogP contribution in [0.2, 0.25) is 0 Å². The lowest BCUT2D eigenvalue weighted by molar-refractivity contribution is 0.0998. The zero-order valence-electron chi connectivity index (χ0n) is 17.2. The second-order valence-electron chi connectivity index (χ2n) is 7.48. The molecule has 1 aliphatic rings. The van der Waals surface area contributed by atoms with Gasteiger partial charge < -0.3 is 25.8 Å². The molecule has 9 nitrogen and oxygen atoms in total. The number of nitrogens with one attached hydrogen (secondary N) is 3. The highest BCUT2D eigenvalue weighted by Crippen LogP contribution is 2.36. The van der Waals surface area contributed by atoms with Gasteiger partial charge in [0.25, 0.3) is 5.91 Å². The molecule has 162 valence electrons. The first-order valence-corrected chi connectivity index (χ1v) is 10.3. The predicted molar refractivity (Wildman–Crippen MR) is 120 cm³/mol. The smallest absolute Gasteiger partial charge is 0.252 e. The first-order chi connectivity index (χ1) is 15.7. The van der Waals surface area contributed by atoms with Gasteiger partial charge in [-0.15, -0.1) is 0 Å². The molecule has 1 atom stereocenters. The minimum atomic E-state index is -0.619. The number of H-pyrrole nitrogens is 1. The van der Waals surface area contributed by atoms with E-state index in [1.165, 1.54) is 0 Å². The number of fused-ring (bicyclic) bond motifs is 1. The van der Waals surface area contributed by atoms with Crippen molar-refractivity contribution in [3.8, 4) is 23.0 Å². The molecule has 2 aromatic heterocycles. The van der Waals surface area contributed by atoms with E-state index in [1.54, 1.807) is 30.5 Å². The van der Waals surface area contributed by atoms with Crippen LogP contribution < -0.4 is 25.8 Å². The molecular formula is C23H22N6O3. The van der Waals surface area contributed by atoms with Crippen molar-refractivity contribution in [3.63, 3.8) is 0 Å². The molecule has 9 heteroatoms. The third kappa shape index (κ3) is 4.06. The topological polar surface area (TPSA) is 127 Å². The Balaban J connectivity index is 1.46. The molecule has 0 spiro atoms. The van der Waals surface area contributed by atoms with Crippen molar-refractivity contribution in [2.24, 2.45) is 5.73 Å². The maximum atomic E-state index is 12.2. The Morgan fingerprint density at radius 2 is 1.94 bits per heavy atom. The molecule has 0 bridgehead atoms. The molecule has 0 saturated carbocycles. The second-order valence-corrected chi connectivity index (χ2v) is 7.48. The Morgan fingerprint density at radius 1 is 1.06 bits per heavy atom. The van der Waals surface area contributed by atoms with Gasteiger partial charge in [-0.3, -0.25) is 9.89 Å².